The Kier molecular flexibility index (Phi) is 12.7. The number of carbonyl (C=O) groups excluding carboxylic acids is 4. The van der Waals surface area contributed by atoms with Gasteiger partial charge in [-0.2, -0.15) is 0 Å². The predicted molar refractivity (Wildman–Crippen MR) is 199 cm³/mol. The Bertz CT molecular complexity index is 1840. The van der Waals surface area contributed by atoms with Crippen LogP contribution in [0.3, 0.4) is 0 Å². The van der Waals surface area contributed by atoms with E-state index in [4.69, 9.17) is 16.3 Å². The van der Waals surface area contributed by atoms with Crippen molar-refractivity contribution in [2.75, 3.05) is 17.7 Å². The van der Waals surface area contributed by atoms with Crippen LogP contribution in [0.1, 0.15) is 75.7 Å². The summed E-state index contributed by atoms with van der Waals surface area (Å²) in [6, 6.07) is 22.7. The van der Waals surface area contributed by atoms with E-state index in [1.165, 1.54) is 30.2 Å². The van der Waals surface area contributed by atoms with Crippen LogP contribution in [0.4, 0.5) is 10.7 Å². The molecule has 1 heterocycles. The molecule has 8 nitrogen and oxygen atoms in total. The Hall–Kier alpha value is -4.38. The predicted octanol–water partition coefficient (Wildman–Crippen LogP) is 8.77. The molecule has 1 unspecified atom stereocenters. The number of halogens is 1. The smallest absolute Gasteiger partial charge is 0.341 e. The van der Waals surface area contributed by atoms with Gasteiger partial charge in [-0.1, -0.05) is 67.8 Å². The van der Waals surface area contributed by atoms with Gasteiger partial charge in [0.25, 0.3) is 11.8 Å². The maximum absolute atomic E-state index is 13.6. The molecule has 0 saturated carbocycles. The summed E-state index contributed by atoms with van der Waals surface area (Å²) in [6.45, 7) is 1.93. The van der Waals surface area contributed by atoms with Gasteiger partial charge in [-0.3, -0.25) is 14.4 Å². The van der Waals surface area contributed by atoms with Crippen molar-refractivity contribution in [3.05, 3.63) is 117 Å². The van der Waals surface area contributed by atoms with Crippen LogP contribution in [0.15, 0.2) is 89.5 Å². The molecule has 1 aromatic heterocycles. The molecule has 1 atom stereocenters. The van der Waals surface area contributed by atoms with E-state index in [2.05, 4.69) is 16.0 Å². The van der Waals surface area contributed by atoms with Crippen molar-refractivity contribution in [2.45, 2.75) is 62.0 Å². The van der Waals surface area contributed by atoms with E-state index in [0.717, 1.165) is 53.9 Å². The maximum atomic E-state index is 13.6. The van der Waals surface area contributed by atoms with Crippen LogP contribution in [0, 0.1) is 0 Å². The molecule has 3 aromatic carbocycles. The zero-order valence-corrected chi connectivity index (χ0v) is 29.7. The van der Waals surface area contributed by atoms with Gasteiger partial charge < -0.3 is 20.7 Å². The van der Waals surface area contributed by atoms with Gasteiger partial charge in [-0.15, -0.1) is 23.1 Å². The lowest BCUT2D eigenvalue weighted by atomic mass is 9.96. The second kappa shape index (κ2) is 17.3. The monoisotopic (exact) mass is 715 g/mol. The fourth-order valence-electron chi connectivity index (χ4n) is 5.52. The minimum absolute atomic E-state index is 0.0477. The molecule has 3 amide bonds. The number of nitrogens with one attached hydrogen (secondary N) is 3. The van der Waals surface area contributed by atoms with E-state index in [0.29, 0.717) is 38.8 Å². The number of hydrogen-bond acceptors (Lipinski definition) is 7. The number of fused-ring (bicyclic) bond motifs is 1. The molecule has 3 N–H and O–H groups in total. The summed E-state index contributed by atoms with van der Waals surface area (Å²) < 4.78 is 5.12. The number of carbonyl (C=O) groups is 4. The van der Waals surface area contributed by atoms with Gasteiger partial charge in [-0.05, 0) is 91.8 Å². The highest BCUT2D eigenvalue weighted by atomic mass is 35.5. The van der Waals surface area contributed by atoms with Crippen molar-refractivity contribution in [1.82, 2.24) is 5.32 Å². The Morgan fingerprint density at radius 3 is 2.37 bits per heavy atom. The third-order valence-electron chi connectivity index (χ3n) is 8.04. The summed E-state index contributed by atoms with van der Waals surface area (Å²) in [5.41, 5.74) is 3.10. The summed E-state index contributed by atoms with van der Waals surface area (Å²) in [7, 11) is 1.37. The summed E-state index contributed by atoms with van der Waals surface area (Å²) in [5.74, 6) is -1.58. The highest BCUT2D eigenvalue weighted by molar-refractivity contribution is 8.00. The van der Waals surface area contributed by atoms with Crippen LogP contribution in [-0.4, -0.2) is 36.1 Å². The quantitative estimate of drug-likeness (QED) is 0.0813. The first-order valence-electron chi connectivity index (χ1n) is 16.2. The number of thioether (sulfide) groups is 1. The van der Waals surface area contributed by atoms with Crippen LogP contribution in [0.5, 0.6) is 0 Å². The van der Waals surface area contributed by atoms with Crippen LogP contribution in [0.25, 0.3) is 6.08 Å². The van der Waals surface area contributed by atoms with Crippen molar-refractivity contribution < 1.29 is 23.9 Å². The SMILES string of the molecule is CCC(Sc1cccc(NC(=O)/C(=C\c2ccc(Cl)cc2)NC(=O)c2ccccc2)c1)C(=O)Nc1sc2c(c1C(=O)OC)CCCCCC2. The number of methoxy groups -OCH3 is 1. The van der Waals surface area contributed by atoms with Crippen molar-refractivity contribution in [3.63, 3.8) is 0 Å². The van der Waals surface area contributed by atoms with E-state index < -0.39 is 23.0 Å². The molecule has 4 aromatic rings. The number of esters is 1. The minimum Gasteiger partial charge on any atom is -0.465 e. The standard InChI is InChI=1S/C38H38ClN3O5S2/c1-3-31(36(45)42-37-33(38(46)47-2)29-16-9-4-5-10-17-32(29)49-37)48-28-15-11-14-27(23-28)40-35(44)30(22-24-18-20-26(39)21-19-24)41-34(43)25-12-7-6-8-13-25/h6-8,11-15,18-23,31H,3-5,9-10,16-17H2,1-2H3,(H,40,44)(H,41,43)(H,42,45)/b30-22+. The summed E-state index contributed by atoms with van der Waals surface area (Å²) in [4.78, 5) is 55.0. The van der Waals surface area contributed by atoms with E-state index in [9.17, 15) is 19.2 Å². The van der Waals surface area contributed by atoms with Crippen LogP contribution >= 0.6 is 34.7 Å². The van der Waals surface area contributed by atoms with E-state index >= 15 is 0 Å². The molecule has 0 spiro atoms. The zero-order valence-electron chi connectivity index (χ0n) is 27.3. The van der Waals surface area contributed by atoms with Crippen LogP contribution in [0.2, 0.25) is 5.02 Å². The zero-order chi connectivity index (χ0) is 34.8. The van der Waals surface area contributed by atoms with Gasteiger partial charge in [0.1, 0.15) is 10.7 Å². The fourth-order valence-corrected chi connectivity index (χ4v) is 7.94. The highest BCUT2D eigenvalue weighted by Crippen LogP contribution is 2.38. The average molecular weight is 716 g/mol. The van der Waals surface area contributed by atoms with Gasteiger partial charge in [0.2, 0.25) is 5.91 Å². The number of ether oxygens (including phenoxy) is 1. The molecule has 0 bridgehead atoms. The van der Waals surface area contributed by atoms with Gasteiger partial charge >= 0.3 is 5.97 Å². The molecule has 254 valence electrons. The molecular formula is C38H38ClN3O5S2. The fraction of sp³-hybridized carbons (Fsp3) is 0.263. The lowest BCUT2D eigenvalue weighted by molar-refractivity contribution is -0.116. The van der Waals surface area contributed by atoms with Crippen molar-refractivity contribution >= 4 is 75.2 Å². The third kappa shape index (κ3) is 9.62. The molecule has 0 radical (unpaired) electrons. The topological polar surface area (TPSA) is 114 Å². The second-order valence-electron chi connectivity index (χ2n) is 11.5. The summed E-state index contributed by atoms with van der Waals surface area (Å²) >= 11 is 8.89. The van der Waals surface area contributed by atoms with Crippen molar-refractivity contribution in [3.8, 4) is 0 Å². The Labute approximate surface area is 299 Å². The van der Waals surface area contributed by atoms with Crippen molar-refractivity contribution in [1.29, 1.82) is 0 Å². The highest BCUT2D eigenvalue weighted by Gasteiger charge is 2.28. The summed E-state index contributed by atoms with van der Waals surface area (Å²) in [5, 5.41) is 9.30. The number of benzene rings is 3. The first kappa shape index (κ1) is 35.9. The minimum atomic E-state index is -0.519. The maximum Gasteiger partial charge on any atom is 0.341 e. The van der Waals surface area contributed by atoms with E-state index in [1.807, 2.05) is 19.1 Å². The summed E-state index contributed by atoms with van der Waals surface area (Å²) in [6.07, 6.45) is 8.12. The van der Waals surface area contributed by atoms with Gasteiger partial charge in [0, 0.05) is 26.0 Å². The van der Waals surface area contributed by atoms with E-state index in [1.54, 1.807) is 72.8 Å². The number of amides is 3. The molecule has 0 fully saturated rings. The molecule has 49 heavy (non-hydrogen) atoms. The average Bonchev–Trinajstić information content (AvgIpc) is 3.42. The molecule has 0 aliphatic heterocycles. The normalized spacial score (nSPS) is 13.7. The molecule has 1 aliphatic carbocycles. The first-order valence-corrected chi connectivity index (χ1v) is 18.3. The van der Waals surface area contributed by atoms with Gasteiger partial charge in [-0.25, -0.2) is 4.79 Å². The molecular weight excluding hydrogens is 678 g/mol. The van der Waals surface area contributed by atoms with Crippen LogP contribution in [-0.2, 0) is 27.2 Å². The van der Waals surface area contributed by atoms with E-state index in [-0.39, 0.29) is 11.6 Å². The molecule has 11 heteroatoms. The van der Waals surface area contributed by atoms with Gasteiger partial charge in [0.05, 0.1) is 17.9 Å². The Morgan fingerprint density at radius 1 is 0.918 bits per heavy atom. The Balaban J connectivity index is 1.32. The molecule has 1 aliphatic rings. The van der Waals surface area contributed by atoms with Gasteiger partial charge in [0.15, 0.2) is 0 Å². The number of anilines is 2. The Morgan fingerprint density at radius 2 is 1.65 bits per heavy atom. The largest absolute Gasteiger partial charge is 0.465 e. The third-order valence-corrected chi connectivity index (χ3v) is 10.9. The number of aryl methyl sites for hydroxylation is 1. The van der Waals surface area contributed by atoms with Crippen molar-refractivity contribution in [2.24, 2.45) is 0 Å². The lowest BCUT2D eigenvalue weighted by Crippen LogP contribution is -2.30. The number of rotatable bonds is 11. The first-order chi connectivity index (χ1) is 23.7. The number of hydrogen-bond donors (Lipinski definition) is 3. The molecule has 0 saturated heterocycles. The second-order valence-corrected chi connectivity index (χ2v) is 14.3. The number of thiophene rings is 1. The lowest BCUT2D eigenvalue weighted by Gasteiger charge is -2.16. The molecule has 5 rings (SSSR count). The van der Waals surface area contributed by atoms with Crippen LogP contribution < -0.4 is 16.0 Å².